The number of carbonyl (C=O) groups is 2. The highest BCUT2D eigenvalue weighted by Crippen LogP contribution is 2.28. The molecule has 1 amide bonds. The fourth-order valence-electron chi connectivity index (χ4n) is 2.05. The number of carboxylic acids is 1. The van der Waals surface area contributed by atoms with Gasteiger partial charge in [-0.1, -0.05) is 17.7 Å². The van der Waals surface area contributed by atoms with E-state index >= 15 is 0 Å². The van der Waals surface area contributed by atoms with Crippen molar-refractivity contribution in [1.29, 1.82) is 0 Å². The number of amides is 1. The van der Waals surface area contributed by atoms with Crippen molar-refractivity contribution in [3.8, 4) is 0 Å². The second-order valence-corrected chi connectivity index (χ2v) is 5.19. The molecule has 0 aliphatic heterocycles. The van der Waals surface area contributed by atoms with Crippen LogP contribution in [0.4, 0.5) is 5.69 Å². The van der Waals surface area contributed by atoms with Crippen molar-refractivity contribution in [3.63, 3.8) is 0 Å². The molecule has 0 atom stereocenters. The largest absolute Gasteiger partial charge is 0.481 e. The van der Waals surface area contributed by atoms with Crippen molar-refractivity contribution < 1.29 is 14.7 Å². The van der Waals surface area contributed by atoms with Crippen LogP contribution in [0.25, 0.3) is 0 Å². The summed E-state index contributed by atoms with van der Waals surface area (Å²) in [5.74, 6) is -1.43. The summed E-state index contributed by atoms with van der Waals surface area (Å²) in [4.78, 5) is 24.1. The minimum absolute atomic E-state index is 0.0791. The maximum absolute atomic E-state index is 11.6. The van der Waals surface area contributed by atoms with Crippen LogP contribution in [0.2, 0.25) is 5.02 Å². The van der Waals surface area contributed by atoms with Crippen LogP contribution in [0.1, 0.15) is 37.0 Å². The van der Waals surface area contributed by atoms with E-state index in [1.165, 1.54) is 0 Å². The van der Waals surface area contributed by atoms with Gasteiger partial charge in [0.25, 0.3) is 5.91 Å². The first kappa shape index (κ1) is 16.3. The van der Waals surface area contributed by atoms with E-state index in [1.54, 1.807) is 18.2 Å². The number of benzene rings is 1. The lowest BCUT2D eigenvalue weighted by atomic mass is 10.1. The van der Waals surface area contributed by atoms with Crippen LogP contribution in [0.15, 0.2) is 18.2 Å². The second kappa shape index (κ2) is 7.14. The lowest BCUT2D eigenvalue weighted by molar-refractivity contribution is -0.137. The highest BCUT2D eigenvalue weighted by atomic mass is 35.5. The summed E-state index contributed by atoms with van der Waals surface area (Å²) in [6.07, 6.45) is 0.563. The Morgan fingerprint density at radius 2 is 2.05 bits per heavy atom. The molecule has 20 heavy (non-hydrogen) atoms. The molecular weight excluding hydrogens is 280 g/mol. The van der Waals surface area contributed by atoms with Gasteiger partial charge in [0.1, 0.15) is 0 Å². The normalized spacial score (nSPS) is 10.6. The van der Waals surface area contributed by atoms with Gasteiger partial charge >= 0.3 is 5.97 Å². The summed E-state index contributed by atoms with van der Waals surface area (Å²) in [5, 5.41) is 9.01. The Labute approximate surface area is 123 Å². The van der Waals surface area contributed by atoms with Crippen LogP contribution in [0, 0.1) is 0 Å². The number of carbonyl (C=O) groups excluding carboxylic acids is 1. The molecule has 0 aliphatic carbocycles. The molecule has 5 nitrogen and oxygen atoms in total. The van der Waals surface area contributed by atoms with Crippen LogP contribution in [0.5, 0.6) is 0 Å². The molecule has 0 saturated heterocycles. The first-order chi connectivity index (χ1) is 9.34. The molecule has 1 aromatic rings. The van der Waals surface area contributed by atoms with Gasteiger partial charge in [-0.25, -0.2) is 0 Å². The van der Waals surface area contributed by atoms with Crippen molar-refractivity contribution in [2.45, 2.75) is 32.7 Å². The van der Waals surface area contributed by atoms with Crippen molar-refractivity contribution in [2.75, 3.05) is 11.4 Å². The average molecular weight is 299 g/mol. The van der Waals surface area contributed by atoms with Gasteiger partial charge in [-0.3, -0.25) is 9.59 Å². The van der Waals surface area contributed by atoms with E-state index in [4.69, 9.17) is 22.4 Å². The molecule has 0 fully saturated rings. The molecular formula is C14H19ClN2O3. The second-order valence-electron chi connectivity index (χ2n) is 4.78. The summed E-state index contributed by atoms with van der Waals surface area (Å²) in [7, 11) is 0. The monoisotopic (exact) mass is 298 g/mol. The number of hydrogen-bond donors (Lipinski definition) is 2. The third-order valence-electron chi connectivity index (χ3n) is 2.96. The summed E-state index contributed by atoms with van der Waals surface area (Å²) in [6, 6.07) is 5.23. The number of primary amides is 1. The highest BCUT2D eigenvalue weighted by molar-refractivity contribution is 6.34. The Bertz CT molecular complexity index is 503. The van der Waals surface area contributed by atoms with E-state index in [0.717, 1.165) is 0 Å². The number of nitrogens with two attached hydrogens (primary N) is 1. The Morgan fingerprint density at radius 1 is 1.40 bits per heavy atom. The number of anilines is 1. The minimum Gasteiger partial charge on any atom is -0.481 e. The summed E-state index contributed by atoms with van der Waals surface area (Å²) in [6.45, 7) is 4.45. The molecule has 3 N–H and O–H groups in total. The smallest absolute Gasteiger partial charge is 0.303 e. The summed E-state index contributed by atoms with van der Waals surface area (Å²) < 4.78 is 0. The quantitative estimate of drug-likeness (QED) is 0.810. The van der Waals surface area contributed by atoms with E-state index in [2.05, 4.69) is 0 Å². The molecule has 0 saturated carbocycles. The van der Waals surface area contributed by atoms with Crippen molar-refractivity contribution in [2.24, 2.45) is 5.73 Å². The molecule has 6 heteroatoms. The van der Waals surface area contributed by atoms with Crippen LogP contribution in [-0.4, -0.2) is 29.6 Å². The minimum atomic E-state index is -0.838. The molecule has 1 rings (SSSR count). The van der Waals surface area contributed by atoms with Crippen LogP contribution in [0.3, 0.4) is 0 Å². The molecule has 0 bridgehead atoms. The van der Waals surface area contributed by atoms with Gasteiger partial charge in [-0.2, -0.15) is 0 Å². The van der Waals surface area contributed by atoms with E-state index in [0.29, 0.717) is 23.7 Å². The van der Waals surface area contributed by atoms with E-state index < -0.39 is 11.9 Å². The van der Waals surface area contributed by atoms with Crippen molar-refractivity contribution >= 4 is 29.2 Å². The topological polar surface area (TPSA) is 83.6 Å². The maximum Gasteiger partial charge on any atom is 0.303 e. The molecule has 0 heterocycles. The number of rotatable bonds is 7. The fourth-order valence-corrected chi connectivity index (χ4v) is 2.32. The van der Waals surface area contributed by atoms with Gasteiger partial charge in [0.2, 0.25) is 0 Å². The number of hydrogen-bond acceptors (Lipinski definition) is 3. The first-order valence-corrected chi connectivity index (χ1v) is 6.79. The van der Waals surface area contributed by atoms with Gasteiger partial charge in [0.15, 0.2) is 0 Å². The lowest BCUT2D eigenvalue weighted by Crippen LogP contribution is -2.34. The van der Waals surface area contributed by atoms with E-state index in [9.17, 15) is 9.59 Å². The van der Waals surface area contributed by atoms with Crippen LogP contribution < -0.4 is 10.6 Å². The van der Waals surface area contributed by atoms with Crippen molar-refractivity contribution in [3.05, 3.63) is 28.8 Å². The fraction of sp³-hybridized carbons (Fsp3) is 0.429. The Balaban J connectivity index is 3.06. The Hall–Kier alpha value is -1.75. The molecule has 0 aliphatic rings. The number of nitrogens with zero attached hydrogens (tertiary/aromatic N) is 1. The molecule has 0 spiro atoms. The van der Waals surface area contributed by atoms with E-state index in [1.807, 2.05) is 18.7 Å². The van der Waals surface area contributed by atoms with Gasteiger partial charge in [0.05, 0.1) is 16.3 Å². The predicted octanol–water partition coefficient (Wildman–Crippen LogP) is 2.52. The third-order valence-corrected chi connectivity index (χ3v) is 3.28. The molecule has 0 unspecified atom stereocenters. The van der Waals surface area contributed by atoms with Gasteiger partial charge in [-0.05, 0) is 32.4 Å². The predicted molar refractivity (Wildman–Crippen MR) is 79.3 cm³/mol. The van der Waals surface area contributed by atoms with Crippen LogP contribution >= 0.6 is 11.6 Å². The average Bonchev–Trinajstić information content (AvgIpc) is 2.33. The zero-order valence-electron chi connectivity index (χ0n) is 11.6. The number of aliphatic carboxylic acids is 1. The zero-order valence-corrected chi connectivity index (χ0v) is 12.4. The summed E-state index contributed by atoms with van der Waals surface area (Å²) in [5.41, 5.74) is 6.31. The number of carboxylic acid groups (broad SMARTS) is 1. The molecule has 1 aromatic carbocycles. The Morgan fingerprint density at radius 3 is 2.55 bits per heavy atom. The maximum atomic E-state index is 11.6. The summed E-state index contributed by atoms with van der Waals surface area (Å²) >= 11 is 6.04. The number of halogens is 1. The highest BCUT2D eigenvalue weighted by Gasteiger charge is 2.19. The standard InChI is InChI=1S/C14H19ClN2O3/c1-9(2)17(8-4-7-12(18)19)11-6-3-5-10(15)13(11)14(16)20/h3,5-6,9H,4,7-8H2,1-2H3,(H2,16,20)(H,18,19). The third kappa shape index (κ3) is 4.13. The van der Waals surface area contributed by atoms with Gasteiger partial charge in [-0.15, -0.1) is 0 Å². The van der Waals surface area contributed by atoms with Crippen LogP contribution in [-0.2, 0) is 4.79 Å². The van der Waals surface area contributed by atoms with E-state index in [-0.39, 0.29) is 18.0 Å². The first-order valence-electron chi connectivity index (χ1n) is 6.41. The lowest BCUT2D eigenvalue weighted by Gasteiger charge is -2.30. The van der Waals surface area contributed by atoms with Gasteiger partial charge < -0.3 is 15.7 Å². The SMILES string of the molecule is CC(C)N(CCCC(=O)O)c1cccc(Cl)c1C(N)=O. The van der Waals surface area contributed by atoms with Crippen molar-refractivity contribution in [1.82, 2.24) is 0 Å². The molecule has 110 valence electrons. The zero-order chi connectivity index (χ0) is 15.3. The molecule has 0 aromatic heterocycles. The van der Waals surface area contributed by atoms with Gasteiger partial charge in [0, 0.05) is 19.0 Å². The Kier molecular flexibility index (Phi) is 5.82. The molecule has 0 radical (unpaired) electrons.